The second-order valence-corrected chi connectivity index (χ2v) is 3.99. The standard InChI is InChI=1S/C11H22/c1-4-9(5-2)11(6-3)10-7-8-10/h9-11H,4-8H2,1-3H3. The molecule has 0 saturated heterocycles. The van der Waals surface area contributed by atoms with E-state index >= 15 is 0 Å². The fourth-order valence-electron chi connectivity index (χ4n) is 2.47. The van der Waals surface area contributed by atoms with Crippen molar-refractivity contribution in [3.05, 3.63) is 0 Å². The first-order valence-corrected chi connectivity index (χ1v) is 5.33. The van der Waals surface area contributed by atoms with Crippen molar-refractivity contribution < 1.29 is 0 Å². The molecule has 0 radical (unpaired) electrons. The van der Waals surface area contributed by atoms with E-state index in [0.29, 0.717) is 0 Å². The summed E-state index contributed by atoms with van der Waals surface area (Å²) in [5, 5.41) is 0. The fraction of sp³-hybridized carbons (Fsp3) is 1.00. The first-order valence-electron chi connectivity index (χ1n) is 5.33. The minimum Gasteiger partial charge on any atom is -0.0651 e. The van der Waals surface area contributed by atoms with E-state index in [0.717, 1.165) is 17.8 Å². The van der Waals surface area contributed by atoms with Crippen LogP contribution in [0.3, 0.4) is 0 Å². The first kappa shape index (κ1) is 9.09. The average molecular weight is 154 g/mol. The van der Waals surface area contributed by atoms with Gasteiger partial charge in [-0.25, -0.2) is 0 Å². The molecule has 0 heterocycles. The molecular weight excluding hydrogens is 132 g/mol. The molecule has 1 aliphatic carbocycles. The van der Waals surface area contributed by atoms with E-state index in [1.54, 1.807) is 0 Å². The Kier molecular flexibility index (Phi) is 3.42. The van der Waals surface area contributed by atoms with Crippen molar-refractivity contribution in [2.45, 2.75) is 52.9 Å². The number of hydrogen-bond acceptors (Lipinski definition) is 0. The normalized spacial score (nSPS) is 20.7. The van der Waals surface area contributed by atoms with Gasteiger partial charge in [-0.15, -0.1) is 0 Å². The minimum atomic E-state index is 1.02. The topological polar surface area (TPSA) is 0 Å². The van der Waals surface area contributed by atoms with Gasteiger partial charge in [0.25, 0.3) is 0 Å². The maximum Gasteiger partial charge on any atom is -0.0360 e. The van der Waals surface area contributed by atoms with Gasteiger partial charge in [0.05, 0.1) is 0 Å². The second-order valence-electron chi connectivity index (χ2n) is 3.99. The zero-order valence-electron chi connectivity index (χ0n) is 8.27. The molecule has 0 aromatic rings. The lowest BCUT2D eigenvalue weighted by atomic mass is 9.82. The molecule has 0 aromatic heterocycles. The molecule has 1 atom stereocenters. The van der Waals surface area contributed by atoms with Crippen LogP contribution in [0.4, 0.5) is 0 Å². The Morgan fingerprint density at radius 1 is 1.00 bits per heavy atom. The predicted octanol–water partition coefficient (Wildman–Crippen LogP) is 3.86. The summed E-state index contributed by atoms with van der Waals surface area (Å²) < 4.78 is 0. The second kappa shape index (κ2) is 4.13. The molecule has 1 unspecified atom stereocenters. The molecule has 0 amide bonds. The van der Waals surface area contributed by atoms with Crippen molar-refractivity contribution in [2.75, 3.05) is 0 Å². The molecular formula is C11H22. The molecule has 66 valence electrons. The van der Waals surface area contributed by atoms with E-state index in [-0.39, 0.29) is 0 Å². The molecule has 0 aliphatic heterocycles. The van der Waals surface area contributed by atoms with Crippen molar-refractivity contribution in [3.63, 3.8) is 0 Å². The van der Waals surface area contributed by atoms with Crippen molar-refractivity contribution in [2.24, 2.45) is 17.8 Å². The minimum absolute atomic E-state index is 1.02. The lowest BCUT2D eigenvalue weighted by Gasteiger charge is -2.23. The summed E-state index contributed by atoms with van der Waals surface area (Å²) >= 11 is 0. The fourth-order valence-corrected chi connectivity index (χ4v) is 2.47. The van der Waals surface area contributed by atoms with Crippen LogP contribution in [0.2, 0.25) is 0 Å². The van der Waals surface area contributed by atoms with Crippen LogP contribution in [0.1, 0.15) is 52.9 Å². The summed E-state index contributed by atoms with van der Waals surface area (Å²) in [6.07, 6.45) is 7.25. The molecule has 11 heavy (non-hydrogen) atoms. The van der Waals surface area contributed by atoms with Gasteiger partial charge in [0, 0.05) is 0 Å². The van der Waals surface area contributed by atoms with Crippen LogP contribution in [0.25, 0.3) is 0 Å². The summed E-state index contributed by atoms with van der Waals surface area (Å²) in [7, 11) is 0. The van der Waals surface area contributed by atoms with E-state index < -0.39 is 0 Å². The molecule has 0 N–H and O–H groups in total. The van der Waals surface area contributed by atoms with Crippen LogP contribution in [0.5, 0.6) is 0 Å². The smallest absolute Gasteiger partial charge is 0.0360 e. The molecule has 1 aliphatic rings. The third-order valence-corrected chi connectivity index (χ3v) is 3.35. The lowest BCUT2D eigenvalue weighted by Crippen LogP contribution is -2.14. The molecule has 1 rings (SSSR count). The first-order chi connectivity index (χ1) is 5.33. The summed E-state index contributed by atoms with van der Waals surface area (Å²) in [4.78, 5) is 0. The Morgan fingerprint density at radius 3 is 1.82 bits per heavy atom. The van der Waals surface area contributed by atoms with Crippen LogP contribution in [-0.2, 0) is 0 Å². The molecule has 1 saturated carbocycles. The van der Waals surface area contributed by atoms with Crippen molar-refractivity contribution >= 4 is 0 Å². The van der Waals surface area contributed by atoms with E-state index in [4.69, 9.17) is 0 Å². The van der Waals surface area contributed by atoms with Gasteiger partial charge in [-0.05, 0) is 30.6 Å². The SMILES string of the molecule is CCC(CC)C(CC)C1CC1. The van der Waals surface area contributed by atoms with Gasteiger partial charge in [0.2, 0.25) is 0 Å². The Labute approximate surface area is 71.4 Å². The molecule has 0 spiro atoms. The van der Waals surface area contributed by atoms with Gasteiger partial charge in [-0.1, -0.05) is 40.0 Å². The largest absolute Gasteiger partial charge is 0.0651 e. The third kappa shape index (κ3) is 2.21. The third-order valence-electron chi connectivity index (χ3n) is 3.35. The van der Waals surface area contributed by atoms with Crippen LogP contribution >= 0.6 is 0 Å². The van der Waals surface area contributed by atoms with E-state index in [9.17, 15) is 0 Å². The molecule has 0 nitrogen and oxygen atoms in total. The quantitative estimate of drug-likeness (QED) is 0.564. The summed E-state index contributed by atoms with van der Waals surface area (Å²) in [5.41, 5.74) is 0. The van der Waals surface area contributed by atoms with Crippen LogP contribution in [0, 0.1) is 17.8 Å². The van der Waals surface area contributed by atoms with Gasteiger partial charge in [-0.3, -0.25) is 0 Å². The molecule has 0 bridgehead atoms. The Morgan fingerprint density at radius 2 is 1.55 bits per heavy atom. The van der Waals surface area contributed by atoms with E-state index in [1.165, 1.54) is 32.1 Å². The van der Waals surface area contributed by atoms with Crippen molar-refractivity contribution in [1.29, 1.82) is 0 Å². The van der Waals surface area contributed by atoms with Crippen LogP contribution in [-0.4, -0.2) is 0 Å². The molecule has 0 heteroatoms. The molecule has 1 fully saturated rings. The predicted molar refractivity (Wildman–Crippen MR) is 50.6 cm³/mol. The van der Waals surface area contributed by atoms with Gasteiger partial charge >= 0.3 is 0 Å². The van der Waals surface area contributed by atoms with Crippen molar-refractivity contribution in [3.8, 4) is 0 Å². The van der Waals surface area contributed by atoms with Crippen molar-refractivity contribution in [1.82, 2.24) is 0 Å². The van der Waals surface area contributed by atoms with E-state index in [1.807, 2.05) is 0 Å². The summed E-state index contributed by atoms with van der Waals surface area (Å²) in [6.45, 7) is 7.06. The highest BCUT2D eigenvalue weighted by molar-refractivity contribution is 4.83. The van der Waals surface area contributed by atoms with Gasteiger partial charge in [0.1, 0.15) is 0 Å². The highest BCUT2D eigenvalue weighted by atomic mass is 14.4. The maximum atomic E-state index is 2.36. The Balaban J connectivity index is 2.36. The Bertz CT molecular complexity index is 98.6. The van der Waals surface area contributed by atoms with Crippen LogP contribution in [0.15, 0.2) is 0 Å². The van der Waals surface area contributed by atoms with Gasteiger partial charge < -0.3 is 0 Å². The number of hydrogen-bond donors (Lipinski definition) is 0. The molecule has 0 aromatic carbocycles. The Hall–Kier alpha value is 0. The van der Waals surface area contributed by atoms with Gasteiger partial charge in [0.15, 0.2) is 0 Å². The zero-order chi connectivity index (χ0) is 8.27. The highest BCUT2D eigenvalue weighted by Gasteiger charge is 2.33. The summed E-state index contributed by atoms with van der Waals surface area (Å²) in [5.74, 6) is 3.20. The zero-order valence-corrected chi connectivity index (χ0v) is 8.27. The summed E-state index contributed by atoms with van der Waals surface area (Å²) in [6, 6.07) is 0. The lowest BCUT2D eigenvalue weighted by molar-refractivity contribution is 0.270. The van der Waals surface area contributed by atoms with Gasteiger partial charge in [-0.2, -0.15) is 0 Å². The monoisotopic (exact) mass is 154 g/mol. The van der Waals surface area contributed by atoms with E-state index in [2.05, 4.69) is 20.8 Å². The highest BCUT2D eigenvalue weighted by Crippen LogP contribution is 2.43. The number of rotatable bonds is 5. The van der Waals surface area contributed by atoms with Crippen LogP contribution < -0.4 is 0 Å². The average Bonchev–Trinajstić information content (AvgIpc) is 2.82. The maximum absolute atomic E-state index is 2.36.